The number of aliphatic hydroxyl groups excluding tert-OH is 1. The number of thioether (sulfide) groups is 1. The van der Waals surface area contributed by atoms with Gasteiger partial charge in [0.2, 0.25) is 0 Å². The molecule has 0 atom stereocenters. The summed E-state index contributed by atoms with van der Waals surface area (Å²) < 4.78 is 32.0. The van der Waals surface area contributed by atoms with Crippen LogP contribution < -0.4 is 9.44 Å². The minimum atomic E-state index is -3.39. The average Bonchev–Trinajstić information content (AvgIpc) is 2.23. The number of hydrogen-bond acceptors (Lipinski definition) is 5. The summed E-state index contributed by atoms with van der Waals surface area (Å²) >= 11 is 1.61. The minimum Gasteiger partial charge on any atom is -0.396 e. The van der Waals surface area contributed by atoms with Crippen molar-refractivity contribution in [1.29, 1.82) is 0 Å². The quantitative estimate of drug-likeness (QED) is 0.427. The van der Waals surface area contributed by atoms with Gasteiger partial charge in [0.05, 0.1) is 6.61 Å². The summed E-state index contributed by atoms with van der Waals surface area (Å²) in [5, 5.41) is 8.53. The largest absolute Gasteiger partial charge is 0.396 e. The Morgan fingerprint density at radius 1 is 1.25 bits per heavy atom. The van der Waals surface area contributed by atoms with Crippen molar-refractivity contribution in [3.63, 3.8) is 0 Å². The number of ether oxygens (including phenoxy) is 1. The molecule has 0 saturated heterocycles. The highest BCUT2D eigenvalue weighted by Crippen LogP contribution is 2.00. The first-order valence-corrected chi connectivity index (χ1v) is 7.68. The van der Waals surface area contributed by atoms with Gasteiger partial charge in [0.25, 0.3) is 10.2 Å². The predicted molar refractivity (Wildman–Crippen MR) is 65.8 cm³/mol. The van der Waals surface area contributed by atoms with Crippen molar-refractivity contribution in [1.82, 2.24) is 9.44 Å². The van der Waals surface area contributed by atoms with Crippen molar-refractivity contribution >= 4 is 22.0 Å². The van der Waals surface area contributed by atoms with E-state index in [1.165, 1.54) is 7.11 Å². The molecule has 0 unspecified atom stereocenters. The molecule has 0 aromatic rings. The van der Waals surface area contributed by atoms with E-state index in [2.05, 4.69) is 9.44 Å². The Labute approximate surface area is 101 Å². The Morgan fingerprint density at radius 3 is 2.56 bits per heavy atom. The van der Waals surface area contributed by atoms with Gasteiger partial charge in [0.1, 0.15) is 0 Å². The van der Waals surface area contributed by atoms with Gasteiger partial charge in [0, 0.05) is 32.6 Å². The lowest BCUT2D eigenvalue weighted by Crippen LogP contribution is -2.39. The SMILES string of the molecule is COCCNS(=O)(=O)NCCSCCCO. The van der Waals surface area contributed by atoms with Gasteiger partial charge in [-0.2, -0.15) is 24.9 Å². The van der Waals surface area contributed by atoms with Gasteiger partial charge in [-0.1, -0.05) is 0 Å². The fourth-order valence-electron chi connectivity index (χ4n) is 0.846. The van der Waals surface area contributed by atoms with Crippen LogP contribution in [0.25, 0.3) is 0 Å². The van der Waals surface area contributed by atoms with Crippen LogP contribution in [0.1, 0.15) is 6.42 Å². The van der Waals surface area contributed by atoms with E-state index in [9.17, 15) is 8.42 Å². The zero-order chi connectivity index (χ0) is 12.3. The maximum absolute atomic E-state index is 11.3. The Hall–Kier alpha value is 0.140. The highest BCUT2D eigenvalue weighted by molar-refractivity contribution is 7.99. The van der Waals surface area contributed by atoms with Gasteiger partial charge >= 0.3 is 0 Å². The van der Waals surface area contributed by atoms with Crippen LogP contribution >= 0.6 is 11.8 Å². The second kappa shape index (κ2) is 10.3. The van der Waals surface area contributed by atoms with Gasteiger partial charge in [-0.05, 0) is 12.2 Å². The van der Waals surface area contributed by atoms with Gasteiger partial charge in [-0.3, -0.25) is 0 Å². The molecule has 0 amide bonds. The topological polar surface area (TPSA) is 87.7 Å². The van der Waals surface area contributed by atoms with Crippen LogP contribution in [0.5, 0.6) is 0 Å². The third-order valence-electron chi connectivity index (χ3n) is 1.58. The van der Waals surface area contributed by atoms with E-state index in [1.54, 1.807) is 11.8 Å². The van der Waals surface area contributed by atoms with Gasteiger partial charge < -0.3 is 9.84 Å². The molecule has 0 spiro atoms. The molecule has 16 heavy (non-hydrogen) atoms. The Kier molecular flexibility index (Phi) is 10.4. The molecule has 0 bridgehead atoms. The number of methoxy groups -OCH3 is 1. The van der Waals surface area contributed by atoms with Crippen molar-refractivity contribution in [3.05, 3.63) is 0 Å². The van der Waals surface area contributed by atoms with Crippen molar-refractivity contribution in [2.75, 3.05) is 44.9 Å². The average molecular weight is 272 g/mol. The van der Waals surface area contributed by atoms with Crippen LogP contribution in [-0.2, 0) is 14.9 Å². The van der Waals surface area contributed by atoms with Crippen molar-refractivity contribution < 1.29 is 18.3 Å². The molecule has 0 heterocycles. The maximum atomic E-state index is 11.3. The standard InChI is InChI=1S/C8H20N2O4S2/c1-14-6-3-9-16(12,13)10-4-8-15-7-2-5-11/h9-11H,2-8H2,1H3. The molecule has 3 N–H and O–H groups in total. The first-order valence-electron chi connectivity index (χ1n) is 5.04. The summed E-state index contributed by atoms with van der Waals surface area (Å²) in [6.07, 6.45) is 0.740. The highest BCUT2D eigenvalue weighted by Gasteiger charge is 2.06. The minimum absolute atomic E-state index is 0.178. The molecule has 0 fully saturated rings. The maximum Gasteiger partial charge on any atom is 0.277 e. The number of rotatable bonds is 11. The van der Waals surface area contributed by atoms with E-state index < -0.39 is 10.2 Å². The second-order valence-electron chi connectivity index (χ2n) is 2.97. The molecule has 0 aromatic carbocycles. The molecule has 0 rings (SSSR count). The lowest BCUT2D eigenvalue weighted by Gasteiger charge is -2.07. The summed E-state index contributed by atoms with van der Waals surface area (Å²) in [4.78, 5) is 0. The monoisotopic (exact) mass is 272 g/mol. The van der Waals surface area contributed by atoms with E-state index in [0.717, 1.165) is 12.2 Å². The Morgan fingerprint density at radius 2 is 1.94 bits per heavy atom. The van der Waals surface area contributed by atoms with E-state index in [1.807, 2.05) is 0 Å². The summed E-state index contributed by atoms with van der Waals surface area (Å²) in [5.41, 5.74) is 0. The van der Waals surface area contributed by atoms with Crippen LogP contribution in [-0.4, -0.2) is 58.4 Å². The molecule has 0 saturated carbocycles. The molecule has 0 aliphatic carbocycles. The zero-order valence-corrected chi connectivity index (χ0v) is 11.1. The van der Waals surface area contributed by atoms with Crippen LogP contribution in [0.15, 0.2) is 0 Å². The molecule has 98 valence electrons. The summed E-state index contributed by atoms with van der Waals surface area (Å²) in [7, 11) is -1.88. The fraction of sp³-hybridized carbons (Fsp3) is 1.00. The Balaban J connectivity index is 3.43. The van der Waals surface area contributed by atoms with E-state index in [4.69, 9.17) is 9.84 Å². The molecule has 0 aromatic heterocycles. The van der Waals surface area contributed by atoms with Crippen LogP contribution in [0, 0.1) is 0 Å². The van der Waals surface area contributed by atoms with Crippen LogP contribution in [0.2, 0.25) is 0 Å². The number of hydrogen-bond donors (Lipinski definition) is 3. The van der Waals surface area contributed by atoms with E-state index in [0.29, 0.717) is 18.9 Å². The third-order valence-corrected chi connectivity index (χ3v) is 3.82. The summed E-state index contributed by atoms with van der Waals surface area (Å²) in [6, 6.07) is 0. The summed E-state index contributed by atoms with van der Waals surface area (Å²) in [5.74, 6) is 1.54. The predicted octanol–water partition coefficient (Wildman–Crippen LogP) is -0.828. The second-order valence-corrected chi connectivity index (χ2v) is 5.78. The van der Waals surface area contributed by atoms with Crippen molar-refractivity contribution in [2.45, 2.75) is 6.42 Å². The van der Waals surface area contributed by atoms with Crippen LogP contribution in [0.3, 0.4) is 0 Å². The van der Waals surface area contributed by atoms with Crippen LogP contribution in [0.4, 0.5) is 0 Å². The normalized spacial score (nSPS) is 11.9. The van der Waals surface area contributed by atoms with Gasteiger partial charge in [0.15, 0.2) is 0 Å². The van der Waals surface area contributed by atoms with Gasteiger partial charge in [-0.15, -0.1) is 0 Å². The molecule has 6 nitrogen and oxygen atoms in total. The fourth-order valence-corrected chi connectivity index (χ4v) is 2.58. The highest BCUT2D eigenvalue weighted by atomic mass is 32.2. The summed E-state index contributed by atoms with van der Waals surface area (Å²) in [6.45, 7) is 1.19. The number of nitrogens with one attached hydrogen (secondary N) is 2. The lowest BCUT2D eigenvalue weighted by atomic mass is 10.5. The molecule has 0 radical (unpaired) electrons. The van der Waals surface area contributed by atoms with Gasteiger partial charge in [-0.25, -0.2) is 4.72 Å². The molecule has 0 aliphatic heterocycles. The lowest BCUT2D eigenvalue weighted by molar-refractivity contribution is 0.204. The molecule has 8 heteroatoms. The van der Waals surface area contributed by atoms with Crippen molar-refractivity contribution in [3.8, 4) is 0 Å². The van der Waals surface area contributed by atoms with E-state index in [-0.39, 0.29) is 13.2 Å². The molecule has 0 aliphatic rings. The Bertz CT molecular complexity index is 246. The first-order chi connectivity index (χ1) is 7.62. The van der Waals surface area contributed by atoms with Crippen molar-refractivity contribution in [2.24, 2.45) is 0 Å². The molecular formula is C8H20N2O4S2. The molecular weight excluding hydrogens is 252 g/mol. The number of aliphatic hydroxyl groups is 1. The smallest absolute Gasteiger partial charge is 0.277 e. The van der Waals surface area contributed by atoms with E-state index >= 15 is 0 Å². The first kappa shape index (κ1) is 16.1. The zero-order valence-electron chi connectivity index (χ0n) is 9.44. The third kappa shape index (κ3) is 10.7.